The molecule has 0 aliphatic carbocycles. The van der Waals surface area contributed by atoms with Crippen LogP contribution in [0, 0.1) is 5.41 Å². The smallest absolute Gasteiger partial charge is 0.490 e. The Hall–Kier alpha value is -3.58. The maximum Gasteiger partial charge on any atom is 0.490 e. The Labute approximate surface area is 204 Å². The van der Waals surface area contributed by atoms with Crippen LogP contribution in [0.3, 0.4) is 0 Å². The Morgan fingerprint density at radius 1 is 1.23 bits per heavy atom. The molecule has 14 heteroatoms. The predicted molar refractivity (Wildman–Crippen MR) is 121 cm³/mol. The summed E-state index contributed by atoms with van der Waals surface area (Å²) in [5, 5.41) is 14.5. The molecule has 5 N–H and O–H groups in total. The molecule has 1 aromatic carbocycles. The first-order chi connectivity index (χ1) is 16.4. The van der Waals surface area contributed by atoms with Crippen LogP contribution in [0.2, 0.25) is 5.02 Å². The number of aliphatic carboxylic acids is 1. The normalized spacial score (nSPS) is 10.5. The number of nitrogens with two attached hydrogens (primary N) is 1. The minimum atomic E-state index is -5.08. The maximum atomic E-state index is 12.9. The number of nitrogens with one attached hydrogen (secondary N) is 2. The number of carbonyl (C=O) groups excluding carboxylic acids is 1. The Bertz CT molecular complexity index is 980. The van der Waals surface area contributed by atoms with Crippen LogP contribution in [0.4, 0.5) is 13.2 Å². The van der Waals surface area contributed by atoms with E-state index in [0.29, 0.717) is 49.1 Å². The lowest BCUT2D eigenvalue weighted by atomic mass is 10.1. The zero-order valence-corrected chi connectivity index (χ0v) is 19.4. The van der Waals surface area contributed by atoms with Crippen molar-refractivity contribution >= 4 is 29.4 Å². The Morgan fingerprint density at radius 2 is 1.86 bits per heavy atom. The number of carbonyl (C=O) groups is 2. The molecule has 0 aliphatic rings. The average Bonchev–Trinajstić information content (AvgIpc) is 2.79. The number of aromatic nitrogens is 1. The molecule has 1 aromatic heterocycles. The van der Waals surface area contributed by atoms with Gasteiger partial charge in [0.1, 0.15) is 5.75 Å². The summed E-state index contributed by atoms with van der Waals surface area (Å²) in [5.41, 5.74) is 8.82. The lowest BCUT2D eigenvalue weighted by Gasteiger charge is -2.21. The van der Waals surface area contributed by atoms with E-state index >= 15 is 0 Å². The van der Waals surface area contributed by atoms with Crippen molar-refractivity contribution in [3.8, 4) is 5.75 Å². The molecule has 2 aromatic rings. The number of hydroxylamine groups is 1. The number of nitrogens with zero attached hydrogens (tertiary/aromatic N) is 2. The van der Waals surface area contributed by atoms with Crippen LogP contribution in [0.25, 0.3) is 0 Å². The number of rotatable bonds is 10. The van der Waals surface area contributed by atoms with Crippen molar-refractivity contribution in [2.45, 2.75) is 26.1 Å². The second-order valence-electron chi connectivity index (χ2n) is 6.72. The van der Waals surface area contributed by atoms with E-state index in [-0.39, 0.29) is 11.9 Å². The van der Waals surface area contributed by atoms with Gasteiger partial charge in [-0.15, -0.1) is 0 Å². The third-order valence-corrected chi connectivity index (χ3v) is 4.21. The highest BCUT2D eigenvalue weighted by atomic mass is 35.5. The highest BCUT2D eigenvalue weighted by Gasteiger charge is 2.38. The van der Waals surface area contributed by atoms with Gasteiger partial charge in [-0.25, -0.2) is 10.3 Å². The van der Waals surface area contributed by atoms with E-state index in [2.05, 4.69) is 10.5 Å². The third-order valence-electron chi connectivity index (χ3n) is 3.99. The monoisotopic (exact) mass is 519 g/mol. The first-order valence-electron chi connectivity index (χ1n) is 10.1. The molecule has 2 rings (SSSR count). The number of benzene rings is 1. The van der Waals surface area contributed by atoms with Crippen LogP contribution in [-0.4, -0.2) is 58.8 Å². The average molecular weight is 520 g/mol. The van der Waals surface area contributed by atoms with Crippen molar-refractivity contribution in [3.63, 3.8) is 0 Å². The van der Waals surface area contributed by atoms with Crippen molar-refractivity contribution < 1.29 is 37.4 Å². The number of carboxylic acid groups (broad SMARTS) is 1. The van der Waals surface area contributed by atoms with Crippen LogP contribution in [-0.2, 0) is 16.2 Å². The van der Waals surface area contributed by atoms with Gasteiger partial charge in [-0.05, 0) is 42.8 Å². The quantitative estimate of drug-likeness (QED) is 0.162. The van der Waals surface area contributed by atoms with Gasteiger partial charge in [-0.2, -0.15) is 13.2 Å². The number of guanidine groups is 1. The summed E-state index contributed by atoms with van der Waals surface area (Å²) in [5.74, 6) is -2.63. The molecule has 0 saturated carbocycles. The molecule has 0 saturated heterocycles. The highest BCUT2D eigenvalue weighted by molar-refractivity contribution is 6.31. The SMILES string of the molecule is CCN(Cc1ccncc1)C(=O)c1cc(Cl)cc(OCCCONC(=N)N)c1.O=C(O)C(F)(F)F. The lowest BCUT2D eigenvalue weighted by molar-refractivity contribution is -0.192. The summed E-state index contributed by atoms with van der Waals surface area (Å²) in [6, 6.07) is 8.73. The molecular formula is C21H25ClF3N5O5. The number of hydrogen-bond donors (Lipinski definition) is 4. The Morgan fingerprint density at radius 3 is 2.40 bits per heavy atom. The summed E-state index contributed by atoms with van der Waals surface area (Å²) in [6.45, 7) is 3.66. The predicted octanol–water partition coefficient (Wildman–Crippen LogP) is 3.21. The van der Waals surface area contributed by atoms with E-state index < -0.39 is 12.1 Å². The van der Waals surface area contributed by atoms with Gasteiger partial charge in [-0.3, -0.25) is 20.0 Å². The zero-order valence-electron chi connectivity index (χ0n) is 18.6. The molecule has 0 fully saturated rings. The van der Waals surface area contributed by atoms with E-state index in [1.807, 2.05) is 19.1 Å². The fourth-order valence-electron chi connectivity index (χ4n) is 2.44. The van der Waals surface area contributed by atoms with Crippen LogP contribution in [0.5, 0.6) is 5.75 Å². The molecular weight excluding hydrogens is 495 g/mol. The van der Waals surface area contributed by atoms with Crippen molar-refractivity contribution in [1.29, 1.82) is 5.41 Å². The molecule has 1 amide bonds. The number of pyridine rings is 1. The standard InChI is InChI=1S/C19H24ClN5O3.C2HF3O2/c1-2-25(13-14-4-6-23-7-5-14)18(26)15-10-16(20)12-17(11-15)27-8-3-9-28-24-19(21)22;3-2(4,5)1(6)7/h4-7,10-12H,2-3,8-9,13H2,1H3,(H4,21,22,24);(H,6,7). The Balaban J connectivity index is 0.000000762. The van der Waals surface area contributed by atoms with E-state index in [1.165, 1.54) is 0 Å². The summed E-state index contributed by atoms with van der Waals surface area (Å²) < 4.78 is 37.4. The number of alkyl halides is 3. The van der Waals surface area contributed by atoms with Crippen molar-refractivity contribution in [3.05, 3.63) is 58.9 Å². The molecule has 0 unspecified atom stereocenters. The van der Waals surface area contributed by atoms with Crippen molar-refractivity contribution in [2.24, 2.45) is 5.73 Å². The van der Waals surface area contributed by atoms with E-state index in [9.17, 15) is 18.0 Å². The molecule has 35 heavy (non-hydrogen) atoms. The van der Waals surface area contributed by atoms with Gasteiger partial charge in [0, 0.05) is 42.5 Å². The van der Waals surface area contributed by atoms with Crippen molar-refractivity contribution in [1.82, 2.24) is 15.4 Å². The van der Waals surface area contributed by atoms with Crippen LogP contribution in [0.15, 0.2) is 42.7 Å². The number of hydrogen-bond acceptors (Lipinski definition) is 6. The molecule has 10 nitrogen and oxygen atoms in total. The molecule has 0 bridgehead atoms. The van der Waals surface area contributed by atoms with Crippen molar-refractivity contribution in [2.75, 3.05) is 19.8 Å². The lowest BCUT2D eigenvalue weighted by Crippen LogP contribution is -2.30. The summed E-state index contributed by atoms with van der Waals surface area (Å²) >= 11 is 6.17. The molecule has 0 spiro atoms. The van der Waals surface area contributed by atoms with E-state index in [1.54, 1.807) is 35.5 Å². The molecule has 1 heterocycles. The topological polar surface area (TPSA) is 151 Å². The van der Waals surface area contributed by atoms with Gasteiger partial charge in [-0.1, -0.05) is 11.6 Å². The van der Waals surface area contributed by atoms with Gasteiger partial charge >= 0.3 is 12.1 Å². The number of amides is 1. The largest absolute Gasteiger partial charge is 0.493 e. The van der Waals surface area contributed by atoms with E-state index in [4.69, 9.17) is 42.2 Å². The third kappa shape index (κ3) is 11.9. The van der Waals surface area contributed by atoms with Crippen LogP contribution >= 0.6 is 11.6 Å². The first kappa shape index (κ1) is 29.5. The van der Waals surface area contributed by atoms with Gasteiger partial charge in [0.25, 0.3) is 5.91 Å². The minimum absolute atomic E-state index is 0.124. The molecule has 0 radical (unpaired) electrons. The van der Waals surface area contributed by atoms with Gasteiger partial charge in [0.2, 0.25) is 5.96 Å². The van der Waals surface area contributed by atoms with Gasteiger partial charge in [0.15, 0.2) is 0 Å². The fraction of sp³-hybridized carbons (Fsp3) is 0.333. The molecule has 0 atom stereocenters. The second-order valence-corrected chi connectivity index (χ2v) is 7.16. The number of carboxylic acids is 1. The second kappa shape index (κ2) is 14.6. The summed E-state index contributed by atoms with van der Waals surface area (Å²) in [7, 11) is 0. The molecule has 192 valence electrons. The fourth-order valence-corrected chi connectivity index (χ4v) is 2.66. The van der Waals surface area contributed by atoms with Crippen LogP contribution < -0.4 is 16.0 Å². The van der Waals surface area contributed by atoms with Crippen LogP contribution in [0.1, 0.15) is 29.3 Å². The number of halogens is 4. The summed E-state index contributed by atoms with van der Waals surface area (Å²) in [6.07, 6.45) is -1.11. The first-order valence-corrected chi connectivity index (χ1v) is 10.4. The summed E-state index contributed by atoms with van der Waals surface area (Å²) in [4.78, 5) is 32.5. The van der Waals surface area contributed by atoms with E-state index in [0.717, 1.165) is 5.56 Å². The highest BCUT2D eigenvalue weighted by Crippen LogP contribution is 2.23. The van der Waals surface area contributed by atoms with Gasteiger partial charge in [0.05, 0.1) is 13.2 Å². The number of ether oxygens (including phenoxy) is 1. The minimum Gasteiger partial charge on any atom is -0.493 e. The van der Waals surface area contributed by atoms with Gasteiger partial charge < -0.3 is 20.5 Å². The Kier molecular flexibility index (Phi) is 12.3. The zero-order chi connectivity index (χ0) is 26.4. The molecule has 0 aliphatic heterocycles. The maximum absolute atomic E-state index is 12.9.